The number of aryl methyl sites for hydroxylation is 1. The van der Waals surface area contributed by atoms with Crippen LogP contribution < -0.4 is 30.7 Å². The molecule has 0 radical (unpaired) electrons. The molecule has 2 amide bonds. The summed E-state index contributed by atoms with van der Waals surface area (Å²) in [5, 5.41) is 34.5. The van der Waals surface area contributed by atoms with E-state index in [2.05, 4.69) is 72.1 Å². The Labute approximate surface area is 377 Å². The van der Waals surface area contributed by atoms with Gasteiger partial charge in [0.15, 0.2) is 0 Å². The SMILES string of the molecule is CN1C=C(c2cc(C(C)(C)O)ccc2Oc2ccc(CCC3CCN(C4NCC(C(=O)NC5C(C)(C)C(Oc6ccc(C#N)c(Cl)c6)C5(C)C)CN4)CC3)cc2)C2CCNC2C1=O. The molecule has 3 aromatic carbocycles. The number of carbonyl (C=O) groups excluding carboxylic acids is 2. The van der Waals surface area contributed by atoms with Gasteiger partial charge < -0.3 is 30.1 Å². The fraction of sp³-hybridized carbons (Fsp3) is 0.540. The van der Waals surface area contributed by atoms with Crippen LogP contribution in [0, 0.1) is 39.9 Å². The Balaban J connectivity index is 0.789. The second-order valence-electron chi connectivity index (χ2n) is 20.1. The summed E-state index contributed by atoms with van der Waals surface area (Å²) in [6.07, 6.45) is 7.09. The number of nitrogens with one attached hydrogen (secondary N) is 4. The highest BCUT2D eigenvalue weighted by Gasteiger charge is 2.64. The molecule has 8 rings (SSSR count). The Morgan fingerprint density at radius 2 is 1.65 bits per heavy atom. The van der Waals surface area contributed by atoms with E-state index in [4.69, 9.17) is 21.1 Å². The molecule has 336 valence electrons. The Morgan fingerprint density at radius 3 is 2.30 bits per heavy atom. The van der Waals surface area contributed by atoms with Gasteiger partial charge in [-0.1, -0.05) is 57.5 Å². The zero-order valence-electron chi connectivity index (χ0n) is 37.8. The molecule has 2 unspecified atom stereocenters. The lowest BCUT2D eigenvalue weighted by Gasteiger charge is -2.63. The molecule has 12 nitrogen and oxygen atoms in total. The fourth-order valence-corrected chi connectivity index (χ4v) is 11.3. The molecule has 2 atom stereocenters. The fourth-order valence-electron chi connectivity index (χ4n) is 11.1. The number of rotatable bonds is 12. The summed E-state index contributed by atoms with van der Waals surface area (Å²) < 4.78 is 13.0. The predicted octanol–water partition coefficient (Wildman–Crippen LogP) is 6.76. The Bertz CT molecular complexity index is 2230. The van der Waals surface area contributed by atoms with Crippen LogP contribution in [0.3, 0.4) is 0 Å². The molecule has 5 aliphatic rings. The topological polar surface area (TPSA) is 151 Å². The number of piperidine rings is 1. The van der Waals surface area contributed by atoms with E-state index in [-0.39, 0.29) is 59.0 Å². The first-order valence-electron chi connectivity index (χ1n) is 22.7. The van der Waals surface area contributed by atoms with Crippen molar-refractivity contribution in [2.75, 3.05) is 39.8 Å². The molecular weight excluding hydrogens is 814 g/mol. The zero-order valence-corrected chi connectivity index (χ0v) is 38.5. The third-order valence-corrected chi connectivity index (χ3v) is 14.8. The molecule has 0 bridgehead atoms. The first-order valence-corrected chi connectivity index (χ1v) is 23.0. The number of carbonyl (C=O) groups is 2. The van der Waals surface area contributed by atoms with Gasteiger partial charge in [0.1, 0.15) is 35.7 Å². The monoisotopic (exact) mass is 877 g/mol. The molecule has 13 heteroatoms. The molecular formula is C50H64ClN7O5. The molecule has 4 fully saturated rings. The second kappa shape index (κ2) is 17.8. The maximum absolute atomic E-state index is 13.6. The lowest BCUT2D eigenvalue weighted by molar-refractivity contribution is -0.174. The van der Waals surface area contributed by atoms with Gasteiger partial charge in [0.25, 0.3) is 0 Å². The second-order valence-corrected chi connectivity index (χ2v) is 20.6. The summed E-state index contributed by atoms with van der Waals surface area (Å²) >= 11 is 6.27. The van der Waals surface area contributed by atoms with E-state index in [0.29, 0.717) is 41.1 Å². The number of ether oxygens (including phenoxy) is 2. The molecule has 0 spiro atoms. The summed E-state index contributed by atoms with van der Waals surface area (Å²) in [4.78, 5) is 30.7. The molecule has 63 heavy (non-hydrogen) atoms. The third-order valence-electron chi connectivity index (χ3n) is 14.5. The van der Waals surface area contributed by atoms with Crippen LogP contribution in [0.4, 0.5) is 0 Å². The molecule has 4 heterocycles. The first-order chi connectivity index (χ1) is 29.9. The highest BCUT2D eigenvalue weighted by Crippen LogP contribution is 2.55. The van der Waals surface area contributed by atoms with Gasteiger partial charge in [-0.05, 0) is 112 Å². The summed E-state index contributed by atoms with van der Waals surface area (Å²) in [6.45, 7) is 16.1. The van der Waals surface area contributed by atoms with Gasteiger partial charge in [0.2, 0.25) is 11.8 Å². The molecule has 1 saturated carbocycles. The Hall–Kier alpha value is -4.48. The Morgan fingerprint density at radius 1 is 0.968 bits per heavy atom. The summed E-state index contributed by atoms with van der Waals surface area (Å²) in [5.74, 6) is 2.71. The number of nitriles is 1. The van der Waals surface area contributed by atoms with Crippen LogP contribution in [0.2, 0.25) is 5.02 Å². The Kier molecular flexibility index (Phi) is 12.8. The van der Waals surface area contributed by atoms with Gasteiger partial charge in [-0.25, -0.2) is 0 Å². The lowest BCUT2D eigenvalue weighted by Crippen LogP contribution is -2.75. The summed E-state index contributed by atoms with van der Waals surface area (Å²) in [6, 6.07) is 21.2. The van der Waals surface area contributed by atoms with Gasteiger partial charge >= 0.3 is 0 Å². The maximum atomic E-state index is 13.6. The predicted molar refractivity (Wildman–Crippen MR) is 245 cm³/mol. The zero-order chi connectivity index (χ0) is 44.8. The largest absolute Gasteiger partial charge is 0.489 e. The number of likely N-dealkylation sites (tertiary alicyclic amines) is 1. The standard InChI is InChI=1S/C50H64ClN7O5/c1-48(2)45(49(3,4)46(48)63-36-16-12-32(26-52)40(51)25-36)56-43(59)33-27-54-47(55-28-33)58-22-19-31(20-23-58)9-8-30-10-14-35(15-11-30)62-41-17-13-34(50(5,6)61)24-38(41)39-29-57(7)44(60)42-37(39)18-21-53-42/h10-17,24-25,29,31,33,37,42,45-47,53-55,61H,8-9,18-23,27-28H2,1-7H3,(H,56,59). The number of benzene rings is 3. The first kappa shape index (κ1) is 45.1. The van der Waals surface area contributed by atoms with Crippen molar-refractivity contribution < 1.29 is 24.2 Å². The number of fused-ring (bicyclic) bond motifs is 1. The van der Waals surface area contributed by atoms with Crippen molar-refractivity contribution in [3.05, 3.63) is 94.1 Å². The van der Waals surface area contributed by atoms with Crippen molar-refractivity contribution in [1.29, 1.82) is 5.26 Å². The van der Waals surface area contributed by atoms with Crippen LogP contribution >= 0.6 is 11.6 Å². The van der Waals surface area contributed by atoms with Crippen LogP contribution in [0.5, 0.6) is 17.2 Å². The minimum absolute atomic E-state index is 0.0440. The molecule has 3 saturated heterocycles. The van der Waals surface area contributed by atoms with Gasteiger partial charge in [-0.15, -0.1) is 0 Å². The summed E-state index contributed by atoms with van der Waals surface area (Å²) in [5.41, 5.74) is 2.78. The van der Waals surface area contributed by atoms with E-state index < -0.39 is 5.60 Å². The summed E-state index contributed by atoms with van der Waals surface area (Å²) in [7, 11) is 1.80. The quantitative estimate of drug-likeness (QED) is 0.132. The van der Waals surface area contributed by atoms with Crippen LogP contribution in [0.1, 0.15) is 89.5 Å². The van der Waals surface area contributed by atoms with E-state index in [1.165, 1.54) is 5.56 Å². The average Bonchev–Trinajstić information content (AvgIpc) is 3.76. The highest BCUT2D eigenvalue weighted by atomic mass is 35.5. The smallest absolute Gasteiger partial charge is 0.244 e. The van der Waals surface area contributed by atoms with Crippen LogP contribution in [0.15, 0.2) is 66.9 Å². The van der Waals surface area contributed by atoms with Crippen LogP contribution in [0.25, 0.3) is 5.57 Å². The van der Waals surface area contributed by atoms with Crippen molar-refractivity contribution in [1.82, 2.24) is 31.1 Å². The van der Waals surface area contributed by atoms with Crippen LogP contribution in [-0.4, -0.2) is 91.0 Å². The minimum atomic E-state index is -1.02. The lowest BCUT2D eigenvalue weighted by atomic mass is 9.49. The third kappa shape index (κ3) is 9.24. The van der Waals surface area contributed by atoms with E-state index in [1.807, 2.05) is 36.5 Å². The van der Waals surface area contributed by atoms with Gasteiger partial charge in [0, 0.05) is 73.8 Å². The van der Waals surface area contributed by atoms with E-state index in [1.54, 1.807) is 44.0 Å². The minimum Gasteiger partial charge on any atom is -0.489 e. The van der Waals surface area contributed by atoms with Gasteiger partial charge in [-0.3, -0.25) is 25.1 Å². The number of hydrogen-bond acceptors (Lipinski definition) is 10. The number of aliphatic hydroxyl groups is 1. The van der Waals surface area contributed by atoms with Crippen molar-refractivity contribution in [3.63, 3.8) is 0 Å². The normalized spacial score (nSPS) is 27.1. The number of nitrogens with zero attached hydrogens (tertiary/aromatic N) is 3. The molecule has 1 aliphatic carbocycles. The van der Waals surface area contributed by atoms with Crippen molar-refractivity contribution >= 4 is 29.0 Å². The maximum Gasteiger partial charge on any atom is 0.244 e. The van der Waals surface area contributed by atoms with Gasteiger partial charge in [-0.2, -0.15) is 5.26 Å². The highest BCUT2D eigenvalue weighted by molar-refractivity contribution is 6.31. The van der Waals surface area contributed by atoms with Gasteiger partial charge in [0.05, 0.1) is 28.1 Å². The molecule has 5 N–H and O–H groups in total. The van der Waals surface area contributed by atoms with E-state index in [9.17, 15) is 20.0 Å². The number of hydrogen-bond donors (Lipinski definition) is 5. The molecule has 0 aromatic heterocycles. The van der Waals surface area contributed by atoms with E-state index in [0.717, 1.165) is 74.2 Å². The van der Waals surface area contributed by atoms with Crippen molar-refractivity contribution in [2.45, 2.75) is 104 Å². The van der Waals surface area contributed by atoms with E-state index >= 15 is 0 Å². The number of halogens is 1. The molecule has 4 aliphatic heterocycles. The van der Waals surface area contributed by atoms with Crippen molar-refractivity contribution in [3.8, 4) is 23.3 Å². The number of likely N-dealkylation sites (N-methyl/N-ethyl adjacent to an activating group) is 1. The average molecular weight is 879 g/mol. The number of amides is 2. The van der Waals surface area contributed by atoms with Crippen LogP contribution in [-0.2, 0) is 21.6 Å². The van der Waals surface area contributed by atoms with Crippen molar-refractivity contribution in [2.24, 2.45) is 28.6 Å². The molecule has 3 aromatic rings.